The van der Waals surface area contributed by atoms with E-state index in [1.807, 2.05) is 20.3 Å². The van der Waals surface area contributed by atoms with Gasteiger partial charge < -0.3 is 25.6 Å². The molecule has 0 spiro atoms. The van der Waals surface area contributed by atoms with Crippen molar-refractivity contribution in [2.75, 3.05) is 40.3 Å². The van der Waals surface area contributed by atoms with Gasteiger partial charge in [-0.3, -0.25) is 14.5 Å². The second-order valence-electron chi connectivity index (χ2n) is 13.5. The van der Waals surface area contributed by atoms with Gasteiger partial charge in [0, 0.05) is 37.8 Å². The van der Waals surface area contributed by atoms with Crippen LogP contribution in [0.3, 0.4) is 0 Å². The Labute approximate surface area is 232 Å². The molecule has 0 aromatic heterocycles. The predicted octanol–water partition coefficient (Wildman–Crippen LogP) is 2.08. The largest absolute Gasteiger partial charge is 0.369 e. The quantitative estimate of drug-likeness (QED) is 0.374. The molecule has 0 aromatic rings. The zero-order chi connectivity index (χ0) is 27.3. The van der Waals surface area contributed by atoms with Gasteiger partial charge in [-0.05, 0) is 71.0 Å². The number of Topliss-reactive ketones (excluding diaryl/α,β-unsaturated/α-hetero) is 1. The standard InChI is InChI=1S/C30H48FN5O3/c1-34(2)11-6-5-10-33-30(38)22-17-36-24-13-18-7-3-4-8-19(18)14-25(24)39-29-26(36)21(28(22)37)15-23(31)27(29)35-12-9-20(32)16-35/h17-21,23-27,29H,3-16,32H2,1-2H3,(H,33,38)/t18?,19?,20-,21?,23?,24?,25?,26?,27?,29?/m0/s1. The van der Waals surface area contributed by atoms with Crippen LogP contribution in [0.2, 0.25) is 0 Å². The number of ether oxygens (including phenoxy) is 1. The van der Waals surface area contributed by atoms with Crippen molar-refractivity contribution in [1.82, 2.24) is 20.0 Å². The third-order valence-corrected chi connectivity index (χ3v) is 10.7. The Hall–Kier alpha value is -1.55. The number of alkyl halides is 1. The second-order valence-corrected chi connectivity index (χ2v) is 13.5. The van der Waals surface area contributed by atoms with Crippen LogP contribution >= 0.6 is 0 Å². The molecule has 3 N–H and O–H groups in total. The summed E-state index contributed by atoms with van der Waals surface area (Å²) in [7, 11) is 4.07. The summed E-state index contributed by atoms with van der Waals surface area (Å²) in [6, 6.07) is -0.410. The molecule has 0 aromatic carbocycles. The molecule has 0 radical (unpaired) electrons. The molecule has 218 valence electrons. The number of nitrogens with zero attached hydrogens (tertiary/aromatic N) is 3. The molecule has 6 aliphatic rings. The first-order valence-electron chi connectivity index (χ1n) is 15.6. The van der Waals surface area contributed by atoms with E-state index in [1.165, 1.54) is 25.7 Å². The molecule has 3 aliphatic heterocycles. The topological polar surface area (TPSA) is 91.1 Å². The van der Waals surface area contributed by atoms with Crippen LogP contribution in [0.1, 0.15) is 64.2 Å². The molecule has 3 aliphatic carbocycles. The molecule has 2 saturated heterocycles. The molecule has 9 unspecified atom stereocenters. The van der Waals surface area contributed by atoms with Crippen LogP contribution in [0.25, 0.3) is 0 Å². The Morgan fingerprint density at radius 3 is 2.62 bits per heavy atom. The molecule has 1 amide bonds. The van der Waals surface area contributed by atoms with Crippen molar-refractivity contribution in [1.29, 1.82) is 0 Å². The Balaban J connectivity index is 1.28. The number of fused-ring (bicyclic) bond motifs is 3. The van der Waals surface area contributed by atoms with E-state index in [1.54, 1.807) is 0 Å². The van der Waals surface area contributed by atoms with E-state index in [0.717, 1.165) is 45.2 Å². The number of halogens is 1. The zero-order valence-electron chi connectivity index (χ0n) is 23.8. The van der Waals surface area contributed by atoms with Crippen LogP contribution < -0.4 is 11.1 Å². The lowest BCUT2D eigenvalue weighted by Crippen LogP contribution is -2.73. The summed E-state index contributed by atoms with van der Waals surface area (Å²) in [5, 5.41) is 2.99. The van der Waals surface area contributed by atoms with Gasteiger partial charge >= 0.3 is 0 Å². The highest BCUT2D eigenvalue weighted by Crippen LogP contribution is 2.50. The van der Waals surface area contributed by atoms with Gasteiger partial charge in [0.15, 0.2) is 5.78 Å². The SMILES string of the molecule is CN(C)CCCCNC(=O)C1=CN2C3CC4CCCCC4CC3OC3C(N4CC[C@H](N)C4)C(F)CC(C1=O)C32. The highest BCUT2D eigenvalue weighted by molar-refractivity contribution is 6.20. The Bertz CT molecular complexity index is 961. The molecular weight excluding hydrogens is 497 g/mol. The number of hydrogen-bond donors (Lipinski definition) is 2. The summed E-state index contributed by atoms with van der Waals surface area (Å²) in [6.07, 6.45) is 10.3. The van der Waals surface area contributed by atoms with E-state index in [-0.39, 0.29) is 60.1 Å². The third-order valence-electron chi connectivity index (χ3n) is 10.7. The van der Waals surface area contributed by atoms with Gasteiger partial charge in [0.1, 0.15) is 6.17 Å². The minimum Gasteiger partial charge on any atom is -0.369 e. The minimum absolute atomic E-state index is 0.00937. The minimum atomic E-state index is -1.18. The number of hydrogen-bond acceptors (Lipinski definition) is 7. The lowest BCUT2D eigenvalue weighted by molar-refractivity contribution is -0.219. The summed E-state index contributed by atoms with van der Waals surface area (Å²) >= 11 is 0. The molecule has 10 atom stereocenters. The molecule has 0 bridgehead atoms. The van der Waals surface area contributed by atoms with Gasteiger partial charge in [-0.15, -0.1) is 0 Å². The van der Waals surface area contributed by atoms with Crippen LogP contribution in [0.4, 0.5) is 4.39 Å². The van der Waals surface area contributed by atoms with Crippen molar-refractivity contribution in [3.05, 3.63) is 11.8 Å². The normalized spacial score (nSPS) is 42.0. The van der Waals surface area contributed by atoms with Gasteiger partial charge in [-0.25, -0.2) is 4.39 Å². The number of likely N-dealkylation sites (tertiary alicyclic amines) is 1. The van der Waals surface area contributed by atoms with Crippen molar-refractivity contribution in [2.24, 2.45) is 23.5 Å². The van der Waals surface area contributed by atoms with Gasteiger partial charge in [0.2, 0.25) is 0 Å². The predicted molar refractivity (Wildman–Crippen MR) is 148 cm³/mol. The summed E-state index contributed by atoms with van der Waals surface area (Å²) in [4.78, 5) is 33.8. The molecule has 8 nitrogen and oxygen atoms in total. The van der Waals surface area contributed by atoms with E-state index in [0.29, 0.717) is 24.9 Å². The number of carbonyl (C=O) groups is 2. The average molecular weight is 546 g/mol. The Morgan fingerprint density at radius 2 is 1.90 bits per heavy atom. The fraction of sp³-hybridized carbons (Fsp3) is 0.867. The number of nitrogens with one attached hydrogen (secondary N) is 1. The molecule has 3 saturated carbocycles. The van der Waals surface area contributed by atoms with E-state index < -0.39 is 12.1 Å². The van der Waals surface area contributed by atoms with Crippen molar-refractivity contribution in [3.63, 3.8) is 0 Å². The number of nitrogens with two attached hydrogens (primary N) is 1. The number of rotatable bonds is 7. The lowest BCUT2D eigenvalue weighted by atomic mass is 9.64. The number of carbonyl (C=O) groups excluding carboxylic acids is 2. The number of amides is 1. The van der Waals surface area contributed by atoms with E-state index >= 15 is 4.39 Å². The first-order chi connectivity index (χ1) is 18.8. The van der Waals surface area contributed by atoms with Crippen molar-refractivity contribution >= 4 is 11.7 Å². The Kier molecular flexibility index (Phi) is 8.06. The maximum atomic E-state index is 16.1. The molecule has 6 rings (SSSR count). The second kappa shape index (κ2) is 11.4. The van der Waals surface area contributed by atoms with Gasteiger partial charge in [-0.1, -0.05) is 25.7 Å². The highest BCUT2D eigenvalue weighted by atomic mass is 19.1. The maximum absolute atomic E-state index is 16.1. The van der Waals surface area contributed by atoms with Gasteiger partial charge in [0.25, 0.3) is 5.91 Å². The molecule has 5 fully saturated rings. The summed E-state index contributed by atoms with van der Waals surface area (Å²) < 4.78 is 23.0. The van der Waals surface area contributed by atoms with Crippen LogP contribution in [0.5, 0.6) is 0 Å². The zero-order valence-corrected chi connectivity index (χ0v) is 23.8. The third kappa shape index (κ3) is 5.29. The van der Waals surface area contributed by atoms with Crippen LogP contribution in [0.15, 0.2) is 11.8 Å². The number of morpholine rings is 1. The van der Waals surface area contributed by atoms with E-state index in [2.05, 4.69) is 20.0 Å². The summed E-state index contributed by atoms with van der Waals surface area (Å²) in [6.45, 7) is 2.94. The molecular formula is C30H48FN5O3. The van der Waals surface area contributed by atoms with E-state index in [9.17, 15) is 9.59 Å². The monoisotopic (exact) mass is 545 g/mol. The fourth-order valence-electron chi connectivity index (χ4n) is 8.80. The summed E-state index contributed by atoms with van der Waals surface area (Å²) in [5.41, 5.74) is 6.45. The molecule has 3 heterocycles. The molecule has 39 heavy (non-hydrogen) atoms. The van der Waals surface area contributed by atoms with Crippen LogP contribution in [-0.4, -0.2) is 109 Å². The van der Waals surface area contributed by atoms with Crippen LogP contribution in [-0.2, 0) is 14.3 Å². The van der Waals surface area contributed by atoms with Crippen molar-refractivity contribution in [3.8, 4) is 0 Å². The highest BCUT2D eigenvalue weighted by Gasteiger charge is 2.60. The van der Waals surface area contributed by atoms with Crippen molar-refractivity contribution < 1.29 is 18.7 Å². The van der Waals surface area contributed by atoms with Gasteiger partial charge in [-0.2, -0.15) is 0 Å². The summed E-state index contributed by atoms with van der Waals surface area (Å²) in [5.74, 6) is 0.263. The first-order valence-corrected chi connectivity index (χ1v) is 15.6. The Morgan fingerprint density at radius 1 is 1.13 bits per heavy atom. The number of unbranched alkanes of at least 4 members (excludes halogenated alkanes) is 1. The lowest BCUT2D eigenvalue weighted by Gasteiger charge is -2.61. The van der Waals surface area contributed by atoms with Crippen molar-refractivity contribution in [2.45, 2.75) is 107 Å². The van der Waals surface area contributed by atoms with Gasteiger partial charge in [0.05, 0.1) is 35.9 Å². The first kappa shape index (κ1) is 27.6. The van der Waals surface area contributed by atoms with Crippen LogP contribution in [0, 0.1) is 17.8 Å². The number of ketones is 1. The average Bonchev–Trinajstić information content (AvgIpc) is 3.33. The fourth-order valence-corrected chi connectivity index (χ4v) is 8.80. The van der Waals surface area contributed by atoms with E-state index in [4.69, 9.17) is 10.5 Å². The smallest absolute Gasteiger partial charge is 0.256 e. The molecule has 9 heteroatoms. The maximum Gasteiger partial charge on any atom is 0.256 e.